The summed E-state index contributed by atoms with van der Waals surface area (Å²) in [6.07, 6.45) is 1.62. The zero-order chi connectivity index (χ0) is 20.1. The van der Waals surface area contributed by atoms with Gasteiger partial charge in [-0.15, -0.1) is 0 Å². The van der Waals surface area contributed by atoms with Crippen molar-refractivity contribution < 1.29 is 14.3 Å². The second kappa shape index (κ2) is 8.77. The highest BCUT2D eigenvalue weighted by molar-refractivity contribution is 6.35. The number of rotatable bonds is 6. The van der Waals surface area contributed by atoms with Crippen molar-refractivity contribution >= 4 is 46.4 Å². The van der Waals surface area contributed by atoms with Gasteiger partial charge in [0.15, 0.2) is 12.4 Å². The topological polar surface area (TPSA) is 85.2 Å². The molecule has 0 radical (unpaired) electrons. The summed E-state index contributed by atoms with van der Waals surface area (Å²) in [7, 11) is 0. The first-order valence-corrected chi connectivity index (χ1v) is 8.96. The number of hydrogen-bond donors (Lipinski definition) is 2. The van der Waals surface area contributed by atoms with Gasteiger partial charge in [0.25, 0.3) is 5.91 Å². The Morgan fingerprint density at radius 3 is 2.36 bits per heavy atom. The zero-order valence-corrected chi connectivity index (χ0v) is 16.3. The molecule has 0 atom stereocenters. The Balaban J connectivity index is 1.58. The molecular formula is C19H16Cl2N4O3. The van der Waals surface area contributed by atoms with E-state index in [9.17, 15) is 9.59 Å². The molecule has 7 nitrogen and oxygen atoms in total. The Bertz CT molecular complexity index is 1000. The molecule has 0 bridgehead atoms. The van der Waals surface area contributed by atoms with Crippen LogP contribution >= 0.6 is 23.2 Å². The molecule has 144 valence electrons. The third-order valence-corrected chi connectivity index (χ3v) is 4.11. The molecule has 2 amide bonds. The van der Waals surface area contributed by atoms with Gasteiger partial charge in [0.1, 0.15) is 5.75 Å². The number of anilines is 2. The van der Waals surface area contributed by atoms with Gasteiger partial charge in [-0.25, -0.2) is 4.68 Å². The Kier molecular flexibility index (Phi) is 6.18. The summed E-state index contributed by atoms with van der Waals surface area (Å²) in [5.74, 6) is -0.0631. The lowest BCUT2D eigenvalue weighted by Gasteiger charge is -2.08. The van der Waals surface area contributed by atoms with E-state index in [4.69, 9.17) is 27.9 Å². The average molecular weight is 419 g/mol. The second-order valence-corrected chi connectivity index (χ2v) is 6.64. The van der Waals surface area contributed by atoms with Crippen LogP contribution in [0.5, 0.6) is 5.75 Å². The van der Waals surface area contributed by atoms with Crippen LogP contribution in [0.3, 0.4) is 0 Å². The molecule has 2 N–H and O–H groups in total. The molecule has 0 saturated heterocycles. The number of nitrogens with zero attached hydrogens (tertiary/aromatic N) is 2. The molecule has 1 heterocycles. The fourth-order valence-electron chi connectivity index (χ4n) is 2.32. The lowest BCUT2D eigenvalue weighted by Crippen LogP contribution is -2.14. The molecule has 0 aliphatic rings. The predicted molar refractivity (Wildman–Crippen MR) is 108 cm³/mol. The lowest BCUT2D eigenvalue weighted by molar-refractivity contribution is -0.114. The van der Waals surface area contributed by atoms with Crippen LogP contribution in [0.1, 0.15) is 17.4 Å². The summed E-state index contributed by atoms with van der Waals surface area (Å²) >= 11 is 11.9. The maximum absolute atomic E-state index is 12.3. The van der Waals surface area contributed by atoms with E-state index in [2.05, 4.69) is 15.7 Å². The van der Waals surface area contributed by atoms with Crippen LogP contribution in [0.15, 0.2) is 54.7 Å². The summed E-state index contributed by atoms with van der Waals surface area (Å²) < 4.78 is 7.05. The zero-order valence-electron chi connectivity index (χ0n) is 14.8. The van der Waals surface area contributed by atoms with Gasteiger partial charge in [-0.05, 0) is 48.5 Å². The van der Waals surface area contributed by atoms with Gasteiger partial charge >= 0.3 is 0 Å². The van der Waals surface area contributed by atoms with Gasteiger partial charge in [0.2, 0.25) is 5.91 Å². The van der Waals surface area contributed by atoms with Gasteiger partial charge in [-0.3, -0.25) is 9.59 Å². The molecule has 0 fully saturated rings. The maximum Gasteiger partial charge on any atom is 0.276 e. The molecule has 9 heteroatoms. The average Bonchev–Trinajstić information content (AvgIpc) is 3.11. The Morgan fingerprint density at radius 1 is 1.04 bits per heavy atom. The normalized spacial score (nSPS) is 10.4. The number of nitrogens with one attached hydrogen (secondary N) is 2. The van der Waals surface area contributed by atoms with Crippen LogP contribution in [-0.4, -0.2) is 21.6 Å². The highest BCUT2D eigenvalue weighted by Gasteiger charge is 2.11. The Labute approximate surface area is 171 Å². The summed E-state index contributed by atoms with van der Waals surface area (Å²) in [5.41, 5.74) is 1.46. The summed E-state index contributed by atoms with van der Waals surface area (Å²) in [4.78, 5) is 23.3. The van der Waals surface area contributed by atoms with Gasteiger partial charge < -0.3 is 15.4 Å². The van der Waals surface area contributed by atoms with Crippen molar-refractivity contribution in [2.45, 2.75) is 13.7 Å². The third kappa shape index (κ3) is 5.25. The third-order valence-electron chi connectivity index (χ3n) is 3.58. The summed E-state index contributed by atoms with van der Waals surface area (Å²) in [6, 6.07) is 13.2. The van der Waals surface area contributed by atoms with Crippen LogP contribution in [0.4, 0.5) is 11.4 Å². The van der Waals surface area contributed by atoms with Crippen molar-refractivity contribution in [1.29, 1.82) is 0 Å². The number of ether oxygens (including phenoxy) is 1. The minimum absolute atomic E-state index is 0.0834. The molecule has 0 aliphatic carbocycles. The largest absolute Gasteiger partial charge is 0.470 e. The SMILES string of the molecule is CC(=O)Nc1ccc(NC(=O)c2ccn(COc3ccc(Cl)cc3Cl)n2)cc1. The Morgan fingerprint density at radius 2 is 1.71 bits per heavy atom. The Hall–Kier alpha value is -3.03. The van der Waals surface area contributed by atoms with Gasteiger partial charge in [0.05, 0.1) is 5.02 Å². The van der Waals surface area contributed by atoms with Crippen LogP contribution in [0.25, 0.3) is 0 Å². The summed E-state index contributed by atoms with van der Waals surface area (Å²) in [6.45, 7) is 1.51. The molecule has 3 rings (SSSR count). The van der Waals surface area contributed by atoms with E-state index in [1.807, 2.05) is 0 Å². The van der Waals surface area contributed by atoms with E-state index in [0.717, 1.165) is 0 Å². The van der Waals surface area contributed by atoms with E-state index in [1.165, 1.54) is 11.6 Å². The number of halogens is 2. The van der Waals surface area contributed by atoms with Crippen LogP contribution < -0.4 is 15.4 Å². The molecule has 0 spiro atoms. The van der Waals surface area contributed by atoms with Crippen molar-refractivity contribution in [2.24, 2.45) is 0 Å². The highest BCUT2D eigenvalue weighted by atomic mass is 35.5. The number of hydrogen-bond acceptors (Lipinski definition) is 4. The van der Waals surface area contributed by atoms with Crippen molar-refractivity contribution in [1.82, 2.24) is 9.78 Å². The van der Waals surface area contributed by atoms with Gasteiger partial charge in [-0.2, -0.15) is 5.10 Å². The summed E-state index contributed by atoms with van der Waals surface area (Å²) in [5, 5.41) is 10.5. The smallest absolute Gasteiger partial charge is 0.276 e. The number of carbonyl (C=O) groups excluding carboxylic acids is 2. The molecule has 2 aromatic carbocycles. The number of aromatic nitrogens is 2. The lowest BCUT2D eigenvalue weighted by atomic mass is 10.2. The fraction of sp³-hybridized carbons (Fsp3) is 0.105. The second-order valence-electron chi connectivity index (χ2n) is 5.80. The van der Waals surface area contributed by atoms with Crippen LogP contribution in [0.2, 0.25) is 10.0 Å². The van der Waals surface area contributed by atoms with E-state index >= 15 is 0 Å². The van der Waals surface area contributed by atoms with E-state index in [0.29, 0.717) is 27.2 Å². The fourth-order valence-corrected chi connectivity index (χ4v) is 2.78. The molecule has 0 unspecified atom stereocenters. The van der Waals surface area contributed by atoms with E-state index < -0.39 is 0 Å². The number of carbonyl (C=O) groups is 2. The first kappa shape index (κ1) is 19.7. The molecule has 1 aromatic heterocycles. The predicted octanol–water partition coefficient (Wildman–Crippen LogP) is 4.44. The van der Waals surface area contributed by atoms with E-state index in [1.54, 1.807) is 54.7 Å². The molecule has 0 saturated carbocycles. The van der Waals surface area contributed by atoms with Crippen LogP contribution in [0, 0.1) is 0 Å². The first-order chi connectivity index (χ1) is 13.4. The van der Waals surface area contributed by atoms with Crippen molar-refractivity contribution in [2.75, 3.05) is 10.6 Å². The van der Waals surface area contributed by atoms with Crippen molar-refractivity contribution in [3.05, 3.63) is 70.5 Å². The van der Waals surface area contributed by atoms with Gasteiger partial charge in [-0.1, -0.05) is 23.2 Å². The quantitative estimate of drug-likeness (QED) is 0.619. The minimum Gasteiger partial charge on any atom is -0.470 e. The molecular weight excluding hydrogens is 403 g/mol. The van der Waals surface area contributed by atoms with Crippen molar-refractivity contribution in [3.63, 3.8) is 0 Å². The first-order valence-electron chi connectivity index (χ1n) is 8.21. The highest BCUT2D eigenvalue weighted by Crippen LogP contribution is 2.27. The number of benzene rings is 2. The van der Waals surface area contributed by atoms with Crippen molar-refractivity contribution in [3.8, 4) is 5.75 Å². The van der Waals surface area contributed by atoms with Crippen LogP contribution in [-0.2, 0) is 11.5 Å². The molecule has 3 aromatic rings. The molecule has 0 aliphatic heterocycles. The maximum atomic E-state index is 12.3. The number of amides is 2. The standard InChI is InChI=1S/C19H16Cl2N4O3/c1-12(26)22-14-3-5-15(6-4-14)23-19(27)17-8-9-25(24-17)11-28-18-7-2-13(20)10-16(18)21/h2-10H,11H2,1H3,(H,22,26)(H,23,27). The van der Waals surface area contributed by atoms with E-state index in [-0.39, 0.29) is 24.2 Å². The molecule has 28 heavy (non-hydrogen) atoms. The van der Waals surface area contributed by atoms with Gasteiger partial charge in [0, 0.05) is 29.5 Å². The monoisotopic (exact) mass is 418 g/mol. The minimum atomic E-state index is -0.365.